The van der Waals surface area contributed by atoms with E-state index < -0.39 is 5.60 Å². The van der Waals surface area contributed by atoms with Crippen molar-refractivity contribution in [3.63, 3.8) is 0 Å². The average molecular weight is 344 g/mol. The van der Waals surface area contributed by atoms with Gasteiger partial charge in [-0.3, -0.25) is 4.79 Å². The summed E-state index contributed by atoms with van der Waals surface area (Å²) in [6, 6.07) is 8.42. The standard InChI is InChI=1S/C20H28N2O3/c1-20(16(11-12-24-5)19(23)21(2)3)18-15(10-13-25-20)14-8-6-7-9-17(14)22(18)4/h6-9,16H,10-13H2,1-5H3. The van der Waals surface area contributed by atoms with Crippen molar-refractivity contribution in [2.45, 2.75) is 25.4 Å². The summed E-state index contributed by atoms with van der Waals surface area (Å²) >= 11 is 0. The quantitative estimate of drug-likeness (QED) is 0.838. The van der Waals surface area contributed by atoms with Crippen molar-refractivity contribution in [1.29, 1.82) is 0 Å². The molecule has 0 spiro atoms. The van der Waals surface area contributed by atoms with E-state index in [4.69, 9.17) is 9.47 Å². The number of rotatable bonds is 5. The Morgan fingerprint density at radius 1 is 1.40 bits per heavy atom. The molecule has 2 atom stereocenters. The maximum Gasteiger partial charge on any atom is 0.228 e. The Labute approximate surface area is 149 Å². The molecule has 0 saturated heterocycles. The molecule has 1 aliphatic heterocycles. The van der Waals surface area contributed by atoms with Gasteiger partial charge in [-0.25, -0.2) is 0 Å². The number of aryl methyl sites for hydroxylation is 1. The van der Waals surface area contributed by atoms with Crippen LogP contribution in [0.5, 0.6) is 0 Å². The van der Waals surface area contributed by atoms with Crippen LogP contribution >= 0.6 is 0 Å². The van der Waals surface area contributed by atoms with Crippen LogP contribution in [0.2, 0.25) is 0 Å². The molecule has 0 fully saturated rings. The van der Waals surface area contributed by atoms with Crippen LogP contribution in [-0.4, -0.2) is 49.8 Å². The molecular weight excluding hydrogens is 316 g/mol. The number of nitrogens with zero attached hydrogens (tertiary/aromatic N) is 2. The molecule has 1 aromatic carbocycles. The van der Waals surface area contributed by atoms with Crippen molar-refractivity contribution in [2.75, 3.05) is 34.4 Å². The number of hydrogen-bond acceptors (Lipinski definition) is 3. The van der Waals surface area contributed by atoms with Gasteiger partial charge >= 0.3 is 0 Å². The van der Waals surface area contributed by atoms with E-state index in [1.54, 1.807) is 26.1 Å². The first-order chi connectivity index (χ1) is 11.9. The number of carbonyl (C=O) groups excluding carboxylic acids is 1. The lowest BCUT2D eigenvalue weighted by Crippen LogP contribution is -2.48. The van der Waals surface area contributed by atoms with E-state index in [-0.39, 0.29) is 11.8 Å². The van der Waals surface area contributed by atoms with Gasteiger partial charge in [0.1, 0.15) is 5.60 Å². The third-order valence-electron chi connectivity index (χ3n) is 5.45. The van der Waals surface area contributed by atoms with Gasteiger partial charge in [0.15, 0.2) is 0 Å². The van der Waals surface area contributed by atoms with Crippen molar-refractivity contribution in [3.05, 3.63) is 35.5 Å². The summed E-state index contributed by atoms with van der Waals surface area (Å²) in [5.74, 6) is -0.206. The first-order valence-electron chi connectivity index (χ1n) is 8.82. The predicted molar refractivity (Wildman–Crippen MR) is 98.6 cm³/mol. The van der Waals surface area contributed by atoms with Crippen LogP contribution in [-0.2, 0) is 33.3 Å². The van der Waals surface area contributed by atoms with E-state index in [0.29, 0.717) is 19.6 Å². The SMILES string of the molecule is COCCC(C(=O)N(C)C)C1(C)OCCc2c1n(C)c1ccccc21. The lowest BCUT2D eigenvalue weighted by Gasteiger charge is -2.41. The lowest BCUT2D eigenvalue weighted by atomic mass is 9.79. The smallest absolute Gasteiger partial charge is 0.228 e. The highest BCUT2D eigenvalue weighted by atomic mass is 16.5. The third kappa shape index (κ3) is 2.85. The molecule has 1 amide bonds. The summed E-state index contributed by atoms with van der Waals surface area (Å²) in [5.41, 5.74) is 2.95. The number of hydrogen-bond donors (Lipinski definition) is 0. The molecule has 2 aromatic rings. The third-order valence-corrected chi connectivity index (χ3v) is 5.45. The second kappa shape index (κ2) is 6.81. The second-order valence-electron chi connectivity index (χ2n) is 7.18. The summed E-state index contributed by atoms with van der Waals surface area (Å²) in [5, 5.41) is 1.26. The molecule has 25 heavy (non-hydrogen) atoms. The molecule has 1 aromatic heterocycles. The Hall–Kier alpha value is -1.85. The molecule has 2 heterocycles. The minimum Gasteiger partial charge on any atom is -0.385 e. The van der Waals surface area contributed by atoms with Gasteiger partial charge in [-0.2, -0.15) is 0 Å². The van der Waals surface area contributed by atoms with E-state index in [0.717, 1.165) is 12.1 Å². The van der Waals surface area contributed by atoms with Crippen LogP contribution in [0, 0.1) is 5.92 Å². The first kappa shape index (κ1) is 18.0. The van der Waals surface area contributed by atoms with Gasteiger partial charge in [-0.15, -0.1) is 0 Å². The van der Waals surface area contributed by atoms with Crippen molar-refractivity contribution in [1.82, 2.24) is 9.47 Å². The fourth-order valence-corrected chi connectivity index (χ4v) is 4.24. The number of fused-ring (bicyclic) bond motifs is 3. The largest absolute Gasteiger partial charge is 0.385 e. The Balaban J connectivity index is 2.17. The van der Waals surface area contributed by atoms with Crippen LogP contribution in [0.1, 0.15) is 24.6 Å². The minimum absolute atomic E-state index is 0.0812. The number of methoxy groups -OCH3 is 1. The summed E-state index contributed by atoms with van der Waals surface area (Å²) in [7, 11) is 7.35. The van der Waals surface area contributed by atoms with Crippen LogP contribution in [0.3, 0.4) is 0 Å². The second-order valence-corrected chi connectivity index (χ2v) is 7.18. The highest BCUT2D eigenvalue weighted by Crippen LogP contribution is 2.44. The molecule has 3 rings (SSSR count). The number of aromatic nitrogens is 1. The maximum atomic E-state index is 13.0. The molecule has 0 radical (unpaired) electrons. The zero-order chi connectivity index (χ0) is 18.2. The molecular formula is C20H28N2O3. The number of carbonyl (C=O) groups is 1. The van der Waals surface area contributed by atoms with Crippen molar-refractivity contribution < 1.29 is 14.3 Å². The molecule has 2 unspecified atom stereocenters. The summed E-state index contributed by atoms with van der Waals surface area (Å²) in [4.78, 5) is 14.6. The van der Waals surface area contributed by atoms with Gasteiger partial charge in [0.25, 0.3) is 0 Å². The first-order valence-corrected chi connectivity index (χ1v) is 8.82. The molecule has 0 saturated carbocycles. The van der Waals surface area contributed by atoms with Crippen molar-refractivity contribution in [2.24, 2.45) is 13.0 Å². The topological polar surface area (TPSA) is 43.7 Å². The minimum atomic E-state index is -0.665. The fraction of sp³-hybridized carbons (Fsp3) is 0.550. The lowest BCUT2D eigenvalue weighted by molar-refractivity contribution is -0.153. The van der Waals surface area contributed by atoms with Crippen LogP contribution in [0.25, 0.3) is 10.9 Å². The molecule has 5 heteroatoms. The van der Waals surface area contributed by atoms with E-state index in [1.807, 2.05) is 0 Å². The van der Waals surface area contributed by atoms with Crippen molar-refractivity contribution >= 4 is 16.8 Å². The van der Waals surface area contributed by atoms with Crippen LogP contribution in [0.15, 0.2) is 24.3 Å². The highest BCUT2D eigenvalue weighted by Gasteiger charge is 2.47. The zero-order valence-electron chi connectivity index (χ0n) is 15.8. The van der Waals surface area contributed by atoms with E-state index in [1.165, 1.54) is 16.5 Å². The summed E-state index contributed by atoms with van der Waals surface area (Å²) < 4.78 is 13.8. The monoisotopic (exact) mass is 344 g/mol. The zero-order valence-corrected chi connectivity index (χ0v) is 15.8. The van der Waals surface area contributed by atoms with Gasteiger partial charge in [-0.05, 0) is 31.4 Å². The predicted octanol–water partition coefficient (Wildman–Crippen LogP) is 2.71. The molecule has 136 valence electrons. The van der Waals surface area contributed by atoms with Gasteiger partial charge < -0.3 is 18.9 Å². The molecule has 5 nitrogen and oxygen atoms in total. The fourth-order valence-electron chi connectivity index (χ4n) is 4.24. The average Bonchev–Trinajstić information content (AvgIpc) is 2.89. The Morgan fingerprint density at radius 2 is 2.12 bits per heavy atom. The highest BCUT2D eigenvalue weighted by molar-refractivity contribution is 5.87. The van der Waals surface area contributed by atoms with E-state index in [9.17, 15) is 4.79 Å². The summed E-state index contributed by atoms with van der Waals surface area (Å²) in [6.07, 6.45) is 1.50. The normalized spacial score (nSPS) is 21.2. The van der Waals surface area contributed by atoms with Gasteiger partial charge in [0.05, 0.1) is 18.2 Å². The van der Waals surface area contributed by atoms with Gasteiger partial charge in [-0.1, -0.05) is 18.2 Å². The molecule has 0 N–H and O–H groups in total. The number of benzene rings is 1. The Kier molecular flexibility index (Phi) is 4.89. The summed E-state index contributed by atoms with van der Waals surface area (Å²) in [6.45, 7) is 3.22. The number of para-hydroxylation sites is 1. The van der Waals surface area contributed by atoms with E-state index in [2.05, 4.69) is 42.8 Å². The molecule has 0 aliphatic carbocycles. The van der Waals surface area contributed by atoms with Gasteiger partial charge in [0.2, 0.25) is 5.91 Å². The Bertz CT molecular complexity index is 781. The van der Waals surface area contributed by atoms with Crippen molar-refractivity contribution in [3.8, 4) is 0 Å². The molecule has 1 aliphatic rings. The molecule has 0 bridgehead atoms. The Morgan fingerprint density at radius 3 is 2.80 bits per heavy atom. The maximum absolute atomic E-state index is 13.0. The van der Waals surface area contributed by atoms with Crippen LogP contribution < -0.4 is 0 Å². The number of amides is 1. The van der Waals surface area contributed by atoms with Crippen LogP contribution in [0.4, 0.5) is 0 Å². The number of ether oxygens (including phenoxy) is 2. The van der Waals surface area contributed by atoms with Gasteiger partial charge in [0, 0.05) is 45.8 Å². The van der Waals surface area contributed by atoms with E-state index >= 15 is 0 Å².